The van der Waals surface area contributed by atoms with Crippen LogP contribution < -0.4 is 10.1 Å². The maximum Gasteiger partial charge on any atom is 0.119 e. The first-order chi connectivity index (χ1) is 10.2. The summed E-state index contributed by atoms with van der Waals surface area (Å²) < 4.78 is 5.57. The van der Waals surface area contributed by atoms with Gasteiger partial charge in [0.05, 0.1) is 19.3 Å². The molecule has 1 atom stereocenters. The van der Waals surface area contributed by atoms with Gasteiger partial charge in [0.25, 0.3) is 0 Å². The molecule has 1 unspecified atom stereocenters. The topological polar surface area (TPSA) is 41.5 Å². The Morgan fingerprint density at radius 3 is 2.29 bits per heavy atom. The van der Waals surface area contributed by atoms with E-state index >= 15 is 0 Å². The van der Waals surface area contributed by atoms with Gasteiger partial charge in [0.2, 0.25) is 0 Å². The molecular formula is C18H23NO2. The Kier molecular flexibility index (Phi) is 5.64. The molecule has 0 aliphatic carbocycles. The molecule has 0 radical (unpaired) electrons. The average Bonchev–Trinajstić information content (AvgIpc) is 2.53. The predicted molar refractivity (Wildman–Crippen MR) is 86.9 cm³/mol. The summed E-state index contributed by atoms with van der Waals surface area (Å²) in [7, 11) is 0. The van der Waals surface area contributed by atoms with Crippen LogP contribution in [0.2, 0.25) is 0 Å². The third-order valence-corrected chi connectivity index (χ3v) is 3.33. The van der Waals surface area contributed by atoms with Crippen LogP contribution in [0.3, 0.4) is 0 Å². The molecule has 21 heavy (non-hydrogen) atoms. The third-order valence-electron chi connectivity index (χ3n) is 3.33. The number of ether oxygens (including phenoxy) is 1. The highest BCUT2D eigenvalue weighted by Crippen LogP contribution is 2.22. The van der Waals surface area contributed by atoms with Crippen molar-refractivity contribution in [2.75, 3.05) is 18.5 Å². The van der Waals surface area contributed by atoms with Crippen LogP contribution in [0.5, 0.6) is 5.75 Å². The van der Waals surface area contributed by atoms with Crippen LogP contribution in [-0.4, -0.2) is 18.3 Å². The molecule has 0 aliphatic heterocycles. The summed E-state index contributed by atoms with van der Waals surface area (Å²) in [6.07, 6.45) is 0.996. The van der Waals surface area contributed by atoms with Crippen molar-refractivity contribution in [3.05, 3.63) is 59.7 Å². The first-order valence-electron chi connectivity index (χ1n) is 7.39. The number of aliphatic hydroxyl groups is 1. The van der Waals surface area contributed by atoms with Gasteiger partial charge in [0.15, 0.2) is 0 Å². The van der Waals surface area contributed by atoms with Gasteiger partial charge in [0, 0.05) is 5.69 Å². The highest BCUT2D eigenvalue weighted by atomic mass is 16.5. The molecule has 3 nitrogen and oxygen atoms in total. The van der Waals surface area contributed by atoms with E-state index in [4.69, 9.17) is 4.74 Å². The molecule has 2 N–H and O–H groups in total. The van der Waals surface area contributed by atoms with Gasteiger partial charge in [-0.25, -0.2) is 0 Å². The number of hydrogen-bond acceptors (Lipinski definition) is 3. The number of hydrogen-bond donors (Lipinski definition) is 2. The van der Waals surface area contributed by atoms with Crippen molar-refractivity contribution in [2.24, 2.45) is 0 Å². The molecule has 112 valence electrons. The molecule has 0 amide bonds. The van der Waals surface area contributed by atoms with Crippen molar-refractivity contribution in [1.29, 1.82) is 0 Å². The fraction of sp³-hybridized carbons (Fsp3) is 0.333. The van der Waals surface area contributed by atoms with E-state index in [1.807, 2.05) is 36.4 Å². The molecule has 0 spiro atoms. The van der Waals surface area contributed by atoms with Crippen molar-refractivity contribution in [3.63, 3.8) is 0 Å². The Labute approximate surface area is 126 Å². The highest BCUT2D eigenvalue weighted by molar-refractivity contribution is 5.47. The summed E-state index contributed by atoms with van der Waals surface area (Å²) in [6, 6.07) is 15.9. The van der Waals surface area contributed by atoms with E-state index in [1.165, 1.54) is 5.56 Å². The molecule has 0 bridgehead atoms. The smallest absolute Gasteiger partial charge is 0.119 e. The number of aliphatic hydroxyl groups excluding tert-OH is 1. The SMILES string of the molecule is CCCOc1ccc(C(CO)Nc2ccc(C)cc2)cc1. The summed E-state index contributed by atoms with van der Waals surface area (Å²) in [6.45, 7) is 4.91. The molecular weight excluding hydrogens is 262 g/mol. The predicted octanol–water partition coefficient (Wildman–Crippen LogP) is 3.93. The monoisotopic (exact) mass is 285 g/mol. The number of anilines is 1. The Morgan fingerprint density at radius 2 is 1.71 bits per heavy atom. The molecule has 0 aliphatic rings. The molecule has 0 saturated heterocycles. The summed E-state index contributed by atoms with van der Waals surface area (Å²) in [5.41, 5.74) is 3.27. The van der Waals surface area contributed by atoms with Crippen molar-refractivity contribution in [1.82, 2.24) is 0 Å². The molecule has 0 fully saturated rings. The summed E-state index contributed by atoms with van der Waals surface area (Å²) >= 11 is 0. The first-order valence-corrected chi connectivity index (χ1v) is 7.39. The Balaban J connectivity index is 2.04. The molecule has 0 aromatic heterocycles. The lowest BCUT2D eigenvalue weighted by molar-refractivity contribution is 0.276. The van der Waals surface area contributed by atoms with Crippen LogP contribution in [-0.2, 0) is 0 Å². The second-order valence-corrected chi connectivity index (χ2v) is 5.16. The Bertz CT molecular complexity index is 534. The second-order valence-electron chi connectivity index (χ2n) is 5.16. The van der Waals surface area contributed by atoms with Gasteiger partial charge in [-0.3, -0.25) is 0 Å². The summed E-state index contributed by atoms with van der Waals surface area (Å²) in [4.78, 5) is 0. The van der Waals surface area contributed by atoms with Crippen LogP contribution in [0.15, 0.2) is 48.5 Å². The fourth-order valence-corrected chi connectivity index (χ4v) is 2.10. The van der Waals surface area contributed by atoms with Crippen LogP contribution in [0.4, 0.5) is 5.69 Å². The van der Waals surface area contributed by atoms with E-state index in [1.54, 1.807) is 0 Å². The lowest BCUT2D eigenvalue weighted by Crippen LogP contribution is -2.14. The quantitative estimate of drug-likeness (QED) is 0.810. The number of nitrogens with one attached hydrogen (secondary N) is 1. The van der Waals surface area contributed by atoms with E-state index in [0.29, 0.717) is 0 Å². The number of aryl methyl sites for hydroxylation is 1. The maximum atomic E-state index is 9.61. The van der Waals surface area contributed by atoms with Crippen LogP contribution in [0, 0.1) is 6.92 Å². The minimum atomic E-state index is -0.118. The van der Waals surface area contributed by atoms with Crippen LogP contribution in [0.1, 0.15) is 30.5 Å². The summed E-state index contributed by atoms with van der Waals surface area (Å²) in [5, 5.41) is 13.0. The lowest BCUT2D eigenvalue weighted by atomic mass is 10.1. The van der Waals surface area contributed by atoms with Crippen LogP contribution in [0.25, 0.3) is 0 Å². The second kappa shape index (κ2) is 7.70. The van der Waals surface area contributed by atoms with Gasteiger partial charge in [0.1, 0.15) is 5.75 Å². The van der Waals surface area contributed by atoms with E-state index < -0.39 is 0 Å². The zero-order valence-electron chi connectivity index (χ0n) is 12.7. The molecule has 0 saturated carbocycles. The van der Waals surface area contributed by atoms with Crippen molar-refractivity contribution in [2.45, 2.75) is 26.3 Å². The van der Waals surface area contributed by atoms with Gasteiger partial charge in [-0.1, -0.05) is 36.8 Å². The van der Waals surface area contributed by atoms with Gasteiger partial charge in [-0.05, 0) is 43.2 Å². The summed E-state index contributed by atoms with van der Waals surface area (Å²) in [5.74, 6) is 0.868. The normalized spacial score (nSPS) is 12.0. The number of benzene rings is 2. The van der Waals surface area contributed by atoms with Gasteiger partial charge < -0.3 is 15.2 Å². The number of rotatable bonds is 7. The fourth-order valence-electron chi connectivity index (χ4n) is 2.10. The van der Waals surface area contributed by atoms with E-state index in [0.717, 1.165) is 30.0 Å². The zero-order chi connectivity index (χ0) is 15.1. The first kappa shape index (κ1) is 15.4. The maximum absolute atomic E-state index is 9.61. The van der Waals surface area contributed by atoms with Crippen molar-refractivity contribution < 1.29 is 9.84 Å². The Morgan fingerprint density at radius 1 is 1.05 bits per heavy atom. The van der Waals surface area contributed by atoms with E-state index in [9.17, 15) is 5.11 Å². The third kappa shape index (κ3) is 4.50. The van der Waals surface area contributed by atoms with E-state index in [2.05, 4.69) is 31.3 Å². The Hall–Kier alpha value is -2.00. The van der Waals surface area contributed by atoms with Crippen molar-refractivity contribution in [3.8, 4) is 5.75 Å². The van der Waals surface area contributed by atoms with Gasteiger partial charge >= 0.3 is 0 Å². The molecule has 0 heterocycles. The van der Waals surface area contributed by atoms with Gasteiger partial charge in [-0.2, -0.15) is 0 Å². The standard InChI is InChI=1S/C18H23NO2/c1-3-12-21-17-10-6-15(7-11-17)18(13-20)19-16-8-4-14(2)5-9-16/h4-11,18-20H,3,12-13H2,1-2H3. The molecule has 2 rings (SSSR count). The average molecular weight is 285 g/mol. The minimum Gasteiger partial charge on any atom is -0.494 e. The van der Waals surface area contributed by atoms with Crippen LogP contribution >= 0.6 is 0 Å². The van der Waals surface area contributed by atoms with E-state index in [-0.39, 0.29) is 12.6 Å². The highest BCUT2D eigenvalue weighted by Gasteiger charge is 2.10. The molecule has 2 aromatic rings. The molecule has 2 aromatic carbocycles. The minimum absolute atomic E-state index is 0.0447. The van der Waals surface area contributed by atoms with Gasteiger partial charge in [-0.15, -0.1) is 0 Å². The van der Waals surface area contributed by atoms with Crippen molar-refractivity contribution >= 4 is 5.69 Å². The lowest BCUT2D eigenvalue weighted by Gasteiger charge is -2.18. The molecule has 3 heteroatoms. The zero-order valence-corrected chi connectivity index (χ0v) is 12.7. The largest absolute Gasteiger partial charge is 0.494 e.